The summed E-state index contributed by atoms with van der Waals surface area (Å²) in [6, 6.07) is 16.6. The number of rotatable bonds is 2. The van der Waals surface area contributed by atoms with Crippen molar-refractivity contribution in [3.05, 3.63) is 60.2 Å². The number of esters is 1. The van der Waals surface area contributed by atoms with Gasteiger partial charge in [0, 0.05) is 0 Å². The molecule has 0 bridgehead atoms. The number of phenolic OH excluding ortho intramolecular Hbond substituents is 1. The number of thiazole rings is 1. The molecule has 0 atom stereocenters. The molecule has 1 heterocycles. The van der Waals surface area contributed by atoms with E-state index < -0.39 is 0 Å². The normalized spacial score (nSPS) is 11.0. The zero-order chi connectivity index (χ0) is 16.7. The number of aromatic nitrogens is 1. The van der Waals surface area contributed by atoms with Gasteiger partial charge in [-0.05, 0) is 47.2 Å². The van der Waals surface area contributed by atoms with Crippen molar-refractivity contribution in [3.63, 3.8) is 0 Å². The molecule has 4 rings (SSSR count). The highest BCUT2D eigenvalue weighted by atomic mass is 32.1. The monoisotopic (exact) mass is 335 g/mol. The summed E-state index contributed by atoms with van der Waals surface area (Å²) in [7, 11) is 1.36. The first-order valence-electron chi connectivity index (χ1n) is 7.37. The molecule has 1 N–H and O–H groups in total. The number of hydrogen-bond acceptors (Lipinski definition) is 5. The number of aromatic hydroxyl groups is 1. The van der Waals surface area contributed by atoms with Crippen LogP contribution in [0.3, 0.4) is 0 Å². The molecule has 0 radical (unpaired) electrons. The molecular weight excluding hydrogens is 322 g/mol. The van der Waals surface area contributed by atoms with Gasteiger partial charge in [-0.25, -0.2) is 9.78 Å². The van der Waals surface area contributed by atoms with Crippen LogP contribution in [0.1, 0.15) is 10.4 Å². The quantitative estimate of drug-likeness (QED) is 0.544. The Morgan fingerprint density at radius 2 is 1.92 bits per heavy atom. The molecule has 0 saturated heterocycles. The van der Waals surface area contributed by atoms with Crippen LogP contribution >= 0.6 is 11.3 Å². The summed E-state index contributed by atoms with van der Waals surface area (Å²) in [5.41, 5.74) is 2.04. The van der Waals surface area contributed by atoms with Gasteiger partial charge < -0.3 is 9.84 Å². The molecule has 0 spiro atoms. The molecule has 3 aromatic carbocycles. The molecule has 4 nitrogen and oxygen atoms in total. The van der Waals surface area contributed by atoms with E-state index in [9.17, 15) is 9.90 Å². The number of ether oxygens (including phenoxy) is 1. The zero-order valence-corrected chi connectivity index (χ0v) is 13.6. The number of methoxy groups -OCH3 is 1. The molecule has 4 aromatic rings. The highest BCUT2D eigenvalue weighted by molar-refractivity contribution is 7.21. The van der Waals surface area contributed by atoms with Crippen LogP contribution in [0.5, 0.6) is 5.75 Å². The SMILES string of the molecule is COC(=O)c1ccc2cc(O)c(-c3nc4ccccc4s3)cc2c1. The predicted molar refractivity (Wildman–Crippen MR) is 95.6 cm³/mol. The fourth-order valence-corrected chi connectivity index (χ4v) is 3.68. The molecule has 0 aliphatic rings. The van der Waals surface area contributed by atoms with E-state index in [1.54, 1.807) is 24.3 Å². The maximum Gasteiger partial charge on any atom is 0.337 e. The summed E-state index contributed by atoms with van der Waals surface area (Å²) in [4.78, 5) is 16.3. The maximum absolute atomic E-state index is 11.7. The van der Waals surface area contributed by atoms with Gasteiger partial charge in [-0.2, -0.15) is 0 Å². The number of carbonyl (C=O) groups is 1. The minimum atomic E-state index is -0.383. The average Bonchev–Trinajstić information content (AvgIpc) is 3.03. The standard InChI is InChI=1S/C19H13NO3S/c1-23-19(22)12-7-6-11-10-16(21)14(9-13(11)8-12)18-20-15-4-2-3-5-17(15)24-18/h2-10,21H,1H3. The molecule has 0 aliphatic heterocycles. The summed E-state index contributed by atoms with van der Waals surface area (Å²) in [5, 5.41) is 12.8. The van der Waals surface area contributed by atoms with Crippen LogP contribution in [0.25, 0.3) is 31.6 Å². The molecule has 5 heteroatoms. The number of nitrogens with zero attached hydrogens (tertiary/aromatic N) is 1. The summed E-state index contributed by atoms with van der Waals surface area (Å²) in [6.07, 6.45) is 0. The van der Waals surface area contributed by atoms with Gasteiger partial charge in [0.25, 0.3) is 0 Å². The van der Waals surface area contributed by atoms with Crippen molar-refractivity contribution in [1.29, 1.82) is 0 Å². The third kappa shape index (κ3) is 2.39. The smallest absolute Gasteiger partial charge is 0.337 e. The second kappa shape index (κ2) is 5.62. The van der Waals surface area contributed by atoms with E-state index in [0.29, 0.717) is 11.1 Å². The van der Waals surface area contributed by atoms with Crippen molar-refractivity contribution in [3.8, 4) is 16.3 Å². The lowest BCUT2D eigenvalue weighted by Gasteiger charge is -2.06. The molecule has 24 heavy (non-hydrogen) atoms. The van der Waals surface area contributed by atoms with Crippen LogP contribution in [0.15, 0.2) is 54.6 Å². The first-order chi connectivity index (χ1) is 11.7. The molecule has 0 aliphatic carbocycles. The Kier molecular flexibility index (Phi) is 3.43. The van der Waals surface area contributed by atoms with Crippen LogP contribution in [0.2, 0.25) is 0 Å². The molecule has 118 valence electrons. The lowest BCUT2D eigenvalue weighted by molar-refractivity contribution is 0.0601. The number of hydrogen-bond donors (Lipinski definition) is 1. The number of phenols is 1. The van der Waals surface area contributed by atoms with E-state index in [-0.39, 0.29) is 11.7 Å². The topological polar surface area (TPSA) is 59.4 Å². The van der Waals surface area contributed by atoms with Crippen molar-refractivity contribution >= 4 is 38.3 Å². The predicted octanol–water partition coefficient (Wildman–Crippen LogP) is 4.61. The van der Waals surface area contributed by atoms with Crippen molar-refractivity contribution in [2.75, 3.05) is 7.11 Å². The summed E-state index contributed by atoms with van der Waals surface area (Å²) >= 11 is 1.53. The Labute approximate surface area is 142 Å². The second-order valence-corrected chi connectivity index (χ2v) is 6.44. The van der Waals surface area contributed by atoms with Gasteiger partial charge in [-0.15, -0.1) is 11.3 Å². The Morgan fingerprint density at radius 1 is 1.08 bits per heavy atom. The van der Waals surface area contributed by atoms with E-state index >= 15 is 0 Å². The second-order valence-electron chi connectivity index (χ2n) is 5.41. The largest absolute Gasteiger partial charge is 0.507 e. The molecule has 0 saturated carbocycles. The van der Waals surface area contributed by atoms with Gasteiger partial charge in [-0.1, -0.05) is 18.2 Å². The highest BCUT2D eigenvalue weighted by Gasteiger charge is 2.13. The Morgan fingerprint density at radius 3 is 2.71 bits per heavy atom. The van der Waals surface area contributed by atoms with Crippen molar-refractivity contribution in [2.45, 2.75) is 0 Å². The Bertz CT molecular complexity index is 1050. The number of benzene rings is 3. The fourth-order valence-electron chi connectivity index (χ4n) is 2.69. The maximum atomic E-state index is 11.7. The first-order valence-corrected chi connectivity index (χ1v) is 8.18. The van der Waals surface area contributed by atoms with Crippen LogP contribution in [0.4, 0.5) is 0 Å². The van der Waals surface area contributed by atoms with Gasteiger partial charge in [-0.3, -0.25) is 0 Å². The van der Waals surface area contributed by atoms with E-state index in [1.807, 2.05) is 30.3 Å². The third-order valence-corrected chi connectivity index (χ3v) is 4.97. The van der Waals surface area contributed by atoms with E-state index in [4.69, 9.17) is 4.74 Å². The third-order valence-electron chi connectivity index (χ3n) is 3.90. The Balaban J connectivity index is 1.90. The highest BCUT2D eigenvalue weighted by Crippen LogP contribution is 2.37. The van der Waals surface area contributed by atoms with Crippen LogP contribution < -0.4 is 0 Å². The van der Waals surface area contributed by atoms with Gasteiger partial charge in [0.2, 0.25) is 0 Å². The van der Waals surface area contributed by atoms with Crippen LogP contribution in [0, 0.1) is 0 Å². The number of carbonyl (C=O) groups excluding carboxylic acids is 1. The zero-order valence-electron chi connectivity index (χ0n) is 12.8. The van der Waals surface area contributed by atoms with Crippen LogP contribution in [-0.2, 0) is 4.74 Å². The van der Waals surface area contributed by atoms with Gasteiger partial charge >= 0.3 is 5.97 Å². The van der Waals surface area contributed by atoms with E-state index in [1.165, 1.54) is 18.4 Å². The summed E-state index contributed by atoms with van der Waals surface area (Å²) < 4.78 is 5.83. The average molecular weight is 335 g/mol. The van der Waals surface area contributed by atoms with Crippen molar-refractivity contribution in [2.24, 2.45) is 0 Å². The van der Waals surface area contributed by atoms with Gasteiger partial charge in [0.1, 0.15) is 10.8 Å². The van der Waals surface area contributed by atoms with Crippen LogP contribution in [-0.4, -0.2) is 23.2 Å². The Hall–Kier alpha value is -2.92. The summed E-state index contributed by atoms with van der Waals surface area (Å²) in [5.74, 6) is -0.209. The van der Waals surface area contributed by atoms with Gasteiger partial charge in [0.05, 0.1) is 28.5 Å². The first kappa shape index (κ1) is 14.7. The minimum absolute atomic E-state index is 0.173. The van der Waals surface area contributed by atoms with Crippen molar-refractivity contribution in [1.82, 2.24) is 4.98 Å². The lowest BCUT2D eigenvalue weighted by atomic mass is 10.0. The molecule has 0 amide bonds. The molecule has 0 unspecified atom stereocenters. The number of para-hydroxylation sites is 1. The van der Waals surface area contributed by atoms with Crippen molar-refractivity contribution < 1.29 is 14.6 Å². The van der Waals surface area contributed by atoms with E-state index in [0.717, 1.165) is 26.0 Å². The number of fused-ring (bicyclic) bond motifs is 2. The molecule has 1 aromatic heterocycles. The fraction of sp³-hybridized carbons (Fsp3) is 0.0526. The van der Waals surface area contributed by atoms with E-state index in [2.05, 4.69) is 4.98 Å². The molecular formula is C19H13NO3S. The van der Waals surface area contributed by atoms with Gasteiger partial charge in [0.15, 0.2) is 0 Å². The summed E-state index contributed by atoms with van der Waals surface area (Å²) in [6.45, 7) is 0. The molecule has 0 fully saturated rings. The minimum Gasteiger partial charge on any atom is -0.507 e. The lowest BCUT2D eigenvalue weighted by Crippen LogP contribution is -2.00.